The number of aryl methyl sites for hydroxylation is 1. The number of carbonyl (C=O) groups excluding carboxylic acids is 1. The van der Waals surface area contributed by atoms with Gasteiger partial charge in [-0.1, -0.05) is 18.2 Å². The van der Waals surface area contributed by atoms with Gasteiger partial charge >= 0.3 is 0 Å². The number of rotatable bonds is 5. The van der Waals surface area contributed by atoms with Gasteiger partial charge in [0.15, 0.2) is 0 Å². The Morgan fingerprint density at radius 1 is 1.12 bits per heavy atom. The Morgan fingerprint density at radius 3 is 2.50 bits per heavy atom. The van der Waals surface area contributed by atoms with Gasteiger partial charge in [-0.05, 0) is 43.3 Å². The smallest absolute Gasteiger partial charge is 0.226 e. The Kier molecular flexibility index (Phi) is 5.01. The number of thioether (sulfide) groups is 1. The molecule has 0 saturated carbocycles. The van der Waals surface area contributed by atoms with Crippen molar-refractivity contribution in [3.8, 4) is 11.5 Å². The maximum Gasteiger partial charge on any atom is 0.226 e. The second kappa shape index (κ2) is 7.36. The zero-order chi connectivity index (χ0) is 16.9. The van der Waals surface area contributed by atoms with E-state index >= 15 is 0 Å². The Balaban J connectivity index is 1.66. The van der Waals surface area contributed by atoms with Gasteiger partial charge in [0, 0.05) is 28.8 Å². The average Bonchev–Trinajstić information content (AvgIpc) is 2.95. The highest BCUT2D eigenvalue weighted by Crippen LogP contribution is 2.28. The van der Waals surface area contributed by atoms with E-state index in [0.717, 1.165) is 33.4 Å². The van der Waals surface area contributed by atoms with Gasteiger partial charge in [-0.2, -0.15) is 0 Å². The minimum absolute atomic E-state index is 0.0675. The molecular formula is C19H18N2O2S. The Morgan fingerprint density at radius 2 is 1.83 bits per heavy atom. The highest BCUT2D eigenvalue weighted by molar-refractivity contribution is 7.98. The normalized spacial score (nSPS) is 10.6. The summed E-state index contributed by atoms with van der Waals surface area (Å²) in [5.74, 6) is 2.17. The first-order valence-electron chi connectivity index (χ1n) is 7.64. The van der Waals surface area contributed by atoms with Crippen molar-refractivity contribution in [2.45, 2.75) is 24.5 Å². The van der Waals surface area contributed by atoms with Crippen LogP contribution in [0, 0.1) is 6.92 Å². The molecule has 0 aliphatic carbocycles. The van der Waals surface area contributed by atoms with Gasteiger partial charge in [0.05, 0.1) is 5.69 Å². The SMILES string of the molecule is CC(=O)Nc1ccc(SCc2nc(-c3ccccc3)oc2C)cc1. The van der Waals surface area contributed by atoms with Gasteiger partial charge < -0.3 is 9.73 Å². The monoisotopic (exact) mass is 338 g/mol. The van der Waals surface area contributed by atoms with Crippen LogP contribution in [0.2, 0.25) is 0 Å². The maximum atomic E-state index is 11.0. The molecule has 0 unspecified atom stereocenters. The molecule has 1 heterocycles. The molecule has 3 aromatic rings. The van der Waals surface area contributed by atoms with Crippen LogP contribution in [-0.4, -0.2) is 10.9 Å². The summed E-state index contributed by atoms with van der Waals surface area (Å²) in [7, 11) is 0. The molecule has 0 radical (unpaired) electrons. The standard InChI is InChI=1S/C19H18N2O2S/c1-13-18(21-19(23-13)15-6-4-3-5-7-15)12-24-17-10-8-16(9-11-17)20-14(2)22/h3-11H,12H2,1-2H3,(H,20,22). The predicted molar refractivity (Wildman–Crippen MR) is 97.0 cm³/mol. The summed E-state index contributed by atoms with van der Waals surface area (Å²) in [6.07, 6.45) is 0. The van der Waals surface area contributed by atoms with Gasteiger partial charge in [-0.25, -0.2) is 4.98 Å². The predicted octanol–water partition coefficient (Wildman–Crippen LogP) is 4.90. The zero-order valence-electron chi connectivity index (χ0n) is 13.6. The molecule has 1 N–H and O–H groups in total. The van der Waals surface area contributed by atoms with E-state index in [4.69, 9.17) is 4.42 Å². The summed E-state index contributed by atoms with van der Waals surface area (Å²) in [6, 6.07) is 17.7. The third-order valence-electron chi connectivity index (χ3n) is 3.46. The molecule has 2 aromatic carbocycles. The van der Waals surface area contributed by atoms with Crippen molar-refractivity contribution in [1.82, 2.24) is 4.98 Å². The summed E-state index contributed by atoms with van der Waals surface area (Å²) in [4.78, 5) is 16.8. The lowest BCUT2D eigenvalue weighted by Gasteiger charge is -2.04. The molecule has 1 aromatic heterocycles. The number of amides is 1. The molecule has 1 amide bonds. The van der Waals surface area contributed by atoms with E-state index in [9.17, 15) is 4.79 Å². The van der Waals surface area contributed by atoms with Crippen LogP contribution in [0.3, 0.4) is 0 Å². The molecule has 0 atom stereocenters. The van der Waals surface area contributed by atoms with Crippen molar-refractivity contribution in [3.63, 3.8) is 0 Å². The quantitative estimate of drug-likeness (QED) is 0.672. The fourth-order valence-corrected chi connectivity index (χ4v) is 3.16. The average molecular weight is 338 g/mol. The Hall–Kier alpha value is -2.53. The van der Waals surface area contributed by atoms with E-state index in [1.54, 1.807) is 11.8 Å². The number of hydrogen-bond donors (Lipinski definition) is 1. The molecule has 4 nitrogen and oxygen atoms in total. The number of hydrogen-bond acceptors (Lipinski definition) is 4. The molecule has 122 valence electrons. The summed E-state index contributed by atoms with van der Waals surface area (Å²) in [5, 5.41) is 2.76. The Bertz CT molecular complexity index is 826. The van der Waals surface area contributed by atoms with Gasteiger partial charge in [0.25, 0.3) is 0 Å². The van der Waals surface area contributed by atoms with Crippen LogP contribution in [0.4, 0.5) is 5.69 Å². The van der Waals surface area contributed by atoms with Crippen molar-refractivity contribution < 1.29 is 9.21 Å². The number of benzene rings is 2. The van der Waals surface area contributed by atoms with Crippen molar-refractivity contribution in [2.75, 3.05) is 5.32 Å². The molecule has 0 aliphatic heterocycles. The molecular weight excluding hydrogens is 320 g/mol. The Labute approximate surface area is 145 Å². The highest BCUT2D eigenvalue weighted by Gasteiger charge is 2.11. The first-order valence-corrected chi connectivity index (χ1v) is 8.62. The topological polar surface area (TPSA) is 55.1 Å². The van der Waals surface area contributed by atoms with Crippen molar-refractivity contribution in [2.24, 2.45) is 0 Å². The number of anilines is 1. The first kappa shape index (κ1) is 16.3. The fourth-order valence-electron chi connectivity index (χ4n) is 2.26. The van der Waals surface area contributed by atoms with Crippen LogP contribution in [0.15, 0.2) is 63.9 Å². The second-order valence-electron chi connectivity index (χ2n) is 5.38. The van der Waals surface area contributed by atoms with E-state index in [0.29, 0.717) is 5.89 Å². The largest absolute Gasteiger partial charge is 0.441 e. The molecule has 0 aliphatic rings. The van der Waals surface area contributed by atoms with Gasteiger partial charge in [-0.3, -0.25) is 4.79 Å². The minimum Gasteiger partial charge on any atom is -0.441 e. The van der Waals surface area contributed by atoms with Crippen LogP contribution < -0.4 is 5.32 Å². The van der Waals surface area contributed by atoms with Crippen LogP contribution in [0.5, 0.6) is 0 Å². The van der Waals surface area contributed by atoms with Gasteiger partial charge in [-0.15, -0.1) is 11.8 Å². The number of aromatic nitrogens is 1. The fraction of sp³-hybridized carbons (Fsp3) is 0.158. The summed E-state index contributed by atoms with van der Waals surface area (Å²) < 4.78 is 5.78. The zero-order valence-corrected chi connectivity index (χ0v) is 14.4. The lowest BCUT2D eigenvalue weighted by molar-refractivity contribution is -0.114. The number of carbonyl (C=O) groups is 1. The molecule has 3 rings (SSSR count). The van der Waals surface area contributed by atoms with Crippen LogP contribution in [0.1, 0.15) is 18.4 Å². The molecule has 0 fully saturated rings. The number of nitrogens with one attached hydrogen (secondary N) is 1. The van der Waals surface area contributed by atoms with E-state index in [1.807, 2.05) is 61.5 Å². The lowest BCUT2D eigenvalue weighted by Crippen LogP contribution is -2.05. The molecule has 5 heteroatoms. The minimum atomic E-state index is -0.0675. The maximum absolute atomic E-state index is 11.0. The third kappa shape index (κ3) is 4.06. The highest BCUT2D eigenvalue weighted by atomic mass is 32.2. The van der Waals surface area contributed by atoms with Crippen LogP contribution >= 0.6 is 11.8 Å². The third-order valence-corrected chi connectivity index (χ3v) is 4.49. The molecule has 0 bridgehead atoms. The van der Waals surface area contributed by atoms with Gasteiger partial charge in [0.1, 0.15) is 5.76 Å². The number of nitrogens with zero attached hydrogens (tertiary/aromatic N) is 1. The van der Waals surface area contributed by atoms with E-state index in [-0.39, 0.29) is 5.91 Å². The molecule has 24 heavy (non-hydrogen) atoms. The first-order chi connectivity index (χ1) is 11.6. The summed E-state index contributed by atoms with van der Waals surface area (Å²) in [5.41, 5.74) is 2.73. The van der Waals surface area contributed by atoms with E-state index in [2.05, 4.69) is 10.3 Å². The van der Waals surface area contributed by atoms with Crippen molar-refractivity contribution in [1.29, 1.82) is 0 Å². The van der Waals surface area contributed by atoms with Crippen LogP contribution in [0.25, 0.3) is 11.5 Å². The molecule has 0 spiro atoms. The number of oxazole rings is 1. The van der Waals surface area contributed by atoms with Crippen LogP contribution in [-0.2, 0) is 10.5 Å². The molecule has 0 saturated heterocycles. The van der Waals surface area contributed by atoms with Crippen molar-refractivity contribution >= 4 is 23.4 Å². The van der Waals surface area contributed by atoms with E-state index in [1.165, 1.54) is 6.92 Å². The van der Waals surface area contributed by atoms with E-state index < -0.39 is 0 Å². The van der Waals surface area contributed by atoms with Crippen molar-refractivity contribution in [3.05, 3.63) is 66.1 Å². The summed E-state index contributed by atoms with van der Waals surface area (Å²) >= 11 is 1.69. The lowest BCUT2D eigenvalue weighted by atomic mass is 10.2. The second-order valence-corrected chi connectivity index (χ2v) is 6.43. The summed E-state index contributed by atoms with van der Waals surface area (Å²) in [6.45, 7) is 3.44. The van der Waals surface area contributed by atoms with Gasteiger partial charge in [0.2, 0.25) is 11.8 Å².